The van der Waals surface area contributed by atoms with Crippen molar-refractivity contribution in [2.24, 2.45) is 5.92 Å². The van der Waals surface area contributed by atoms with E-state index in [1.807, 2.05) is 18.2 Å². The fourth-order valence-corrected chi connectivity index (χ4v) is 4.47. The van der Waals surface area contributed by atoms with Crippen molar-refractivity contribution >= 4 is 33.7 Å². The molecular formula is C27H19FN8O. The van der Waals surface area contributed by atoms with Crippen LogP contribution in [0.25, 0.3) is 55.8 Å². The minimum atomic E-state index is -0.430. The highest BCUT2D eigenvalue weighted by Gasteiger charge is 2.29. The summed E-state index contributed by atoms with van der Waals surface area (Å²) in [5, 5.41) is 10.9. The number of nitrogens with zero attached hydrogens (tertiary/aromatic N) is 5. The smallest absolute Gasteiger partial charge is 0.227 e. The summed E-state index contributed by atoms with van der Waals surface area (Å²) in [6.07, 6.45) is 10.1. The van der Waals surface area contributed by atoms with Gasteiger partial charge in [0.2, 0.25) is 5.91 Å². The van der Waals surface area contributed by atoms with E-state index in [4.69, 9.17) is 0 Å². The molecule has 0 unspecified atom stereocenters. The number of H-pyrrole nitrogens is 2. The Balaban J connectivity index is 1.31. The Hall–Kier alpha value is -4.99. The summed E-state index contributed by atoms with van der Waals surface area (Å²) >= 11 is 0. The van der Waals surface area contributed by atoms with E-state index in [1.54, 1.807) is 43.1 Å². The summed E-state index contributed by atoms with van der Waals surface area (Å²) in [6, 6.07) is 10.6. The molecule has 1 saturated carbocycles. The first kappa shape index (κ1) is 21.3. The van der Waals surface area contributed by atoms with Crippen molar-refractivity contribution in [3.63, 3.8) is 0 Å². The van der Waals surface area contributed by atoms with Crippen molar-refractivity contribution in [1.29, 1.82) is 0 Å². The maximum atomic E-state index is 15.2. The van der Waals surface area contributed by atoms with Crippen LogP contribution in [0.4, 0.5) is 10.1 Å². The number of amides is 1. The second kappa shape index (κ2) is 8.30. The molecule has 7 rings (SSSR count). The van der Waals surface area contributed by atoms with Gasteiger partial charge in [0.05, 0.1) is 22.9 Å². The lowest BCUT2D eigenvalue weighted by atomic mass is 10.0. The number of hydrogen-bond donors (Lipinski definition) is 3. The van der Waals surface area contributed by atoms with Crippen LogP contribution in [-0.4, -0.2) is 41.0 Å². The van der Waals surface area contributed by atoms with Crippen molar-refractivity contribution in [1.82, 2.24) is 35.1 Å². The van der Waals surface area contributed by atoms with Crippen LogP contribution < -0.4 is 5.32 Å². The number of halogens is 1. The van der Waals surface area contributed by atoms with Crippen molar-refractivity contribution < 1.29 is 9.18 Å². The third kappa shape index (κ3) is 3.79. The molecule has 1 aliphatic carbocycles. The topological polar surface area (TPSA) is 125 Å². The molecule has 1 aliphatic rings. The van der Waals surface area contributed by atoms with E-state index < -0.39 is 5.82 Å². The van der Waals surface area contributed by atoms with E-state index in [2.05, 4.69) is 40.4 Å². The summed E-state index contributed by atoms with van der Waals surface area (Å²) in [5.41, 5.74) is 5.64. The Bertz CT molecular complexity index is 1810. The van der Waals surface area contributed by atoms with E-state index >= 15 is 4.39 Å². The lowest BCUT2D eigenvalue weighted by Crippen LogP contribution is -2.13. The molecule has 0 spiro atoms. The number of fused-ring (bicyclic) bond motifs is 2. The fraction of sp³-hybridized carbons (Fsp3) is 0.111. The highest BCUT2D eigenvalue weighted by atomic mass is 19.1. The van der Waals surface area contributed by atoms with Crippen LogP contribution in [0.3, 0.4) is 0 Å². The average molecular weight is 491 g/mol. The zero-order valence-corrected chi connectivity index (χ0v) is 19.4. The minimum Gasteiger partial charge on any atom is -0.335 e. The number of aromatic nitrogens is 7. The second-order valence-corrected chi connectivity index (χ2v) is 9.06. The van der Waals surface area contributed by atoms with Crippen molar-refractivity contribution in [3.8, 4) is 33.8 Å². The first-order valence-electron chi connectivity index (χ1n) is 11.8. The summed E-state index contributed by atoms with van der Waals surface area (Å²) < 4.78 is 15.2. The van der Waals surface area contributed by atoms with Crippen molar-refractivity contribution in [3.05, 3.63) is 73.2 Å². The first-order valence-corrected chi connectivity index (χ1v) is 11.8. The number of pyridine rings is 3. The number of hydrogen-bond acceptors (Lipinski definition) is 6. The van der Waals surface area contributed by atoms with Crippen molar-refractivity contribution in [2.45, 2.75) is 12.8 Å². The number of benzene rings is 1. The molecule has 37 heavy (non-hydrogen) atoms. The Morgan fingerprint density at radius 1 is 1.00 bits per heavy atom. The quantitative estimate of drug-likeness (QED) is 0.308. The molecule has 9 nitrogen and oxygen atoms in total. The Morgan fingerprint density at radius 3 is 2.73 bits per heavy atom. The fourth-order valence-electron chi connectivity index (χ4n) is 4.47. The standard InChI is InChI=1S/C27H19FN8O/c28-21-10-22-20(9-19(21)16-8-17(13-30-12-16)32-27(37)14-3-4-14)24(36-35-22)26-33-23-18(5-7-31-25(23)34-26)15-2-1-6-29-11-15/h1-2,5-14H,3-4H2,(H,32,37)(H,35,36)(H,31,33,34). The first-order chi connectivity index (χ1) is 18.1. The van der Waals surface area contributed by atoms with E-state index in [-0.39, 0.29) is 11.8 Å². The number of aromatic amines is 2. The third-order valence-electron chi connectivity index (χ3n) is 6.50. The predicted octanol–water partition coefficient (Wildman–Crippen LogP) is 5.11. The lowest BCUT2D eigenvalue weighted by Gasteiger charge is -2.08. The van der Waals surface area contributed by atoms with Gasteiger partial charge in [0.1, 0.15) is 11.5 Å². The van der Waals surface area contributed by atoms with Gasteiger partial charge in [-0.15, -0.1) is 0 Å². The molecule has 0 aliphatic heterocycles. The van der Waals surface area contributed by atoms with Crippen LogP contribution in [-0.2, 0) is 4.79 Å². The van der Waals surface area contributed by atoms with Gasteiger partial charge >= 0.3 is 0 Å². The molecule has 0 radical (unpaired) electrons. The Morgan fingerprint density at radius 2 is 1.89 bits per heavy atom. The highest BCUT2D eigenvalue weighted by molar-refractivity contribution is 5.98. The number of nitrogens with one attached hydrogen (secondary N) is 3. The molecule has 0 atom stereocenters. The van der Waals surface area contributed by atoms with Crippen LogP contribution in [0.1, 0.15) is 12.8 Å². The van der Waals surface area contributed by atoms with E-state index in [9.17, 15) is 4.79 Å². The molecule has 6 aromatic rings. The Labute approximate surface area is 209 Å². The van der Waals surface area contributed by atoms with Gasteiger partial charge in [-0.25, -0.2) is 14.4 Å². The average Bonchev–Trinajstić information content (AvgIpc) is 3.56. The van der Waals surface area contributed by atoms with Gasteiger partial charge in [0.25, 0.3) is 0 Å². The second-order valence-electron chi connectivity index (χ2n) is 9.06. The van der Waals surface area contributed by atoms with Crippen LogP contribution in [0.2, 0.25) is 0 Å². The zero-order chi connectivity index (χ0) is 24.9. The molecule has 1 amide bonds. The molecule has 10 heteroatoms. The van der Waals surface area contributed by atoms with E-state index in [0.717, 1.165) is 29.5 Å². The van der Waals surface area contributed by atoms with Gasteiger partial charge in [0.15, 0.2) is 11.5 Å². The molecule has 0 saturated heterocycles. The van der Waals surface area contributed by atoms with Gasteiger partial charge < -0.3 is 10.3 Å². The molecule has 5 heterocycles. The summed E-state index contributed by atoms with van der Waals surface area (Å²) in [5.74, 6) is 0.102. The molecule has 0 bridgehead atoms. The maximum Gasteiger partial charge on any atom is 0.227 e. The molecule has 3 N–H and O–H groups in total. The summed E-state index contributed by atoms with van der Waals surface area (Å²) in [4.78, 5) is 33.0. The summed E-state index contributed by atoms with van der Waals surface area (Å²) in [7, 11) is 0. The molecular weight excluding hydrogens is 471 g/mol. The van der Waals surface area contributed by atoms with Gasteiger partial charge in [-0.1, -0.05) is 6.07 Å². The lowest BCUT2D eigenvalue weighted by molar-refractivity contribution is -0.117. The van der Waals surface area contributed by atoms with Gasteiger partial charge in [0, 0.05) is 64.4 Å². The molecule has 1 aromatic carbocycles. The zero-order valence-electron chi connectivity index (χ0n) is 19.4. The molecule has 1 fully saturated rings. The number of rotatable bonds is 5. The summed E-state index contributed by atoms with van der Waals surface area (Å²) in [6.45, 7) is 0. The van der Waals surface area contributed by atoms with Crippen molar-refractivity contribution in [2.75, 3.05) is 5.32 Å². The SMILES string of the molecule is O=C(Nc1cncc(-c2cc3c(-c4nc5nccc(-c6cccnc6)c5[nH]4)n[nH]c3cc2F)c1)C1CC1. The van der Waals surface area contributed by atoms with Crippen LogP contribution in [0.15, 0.2) is 67.4 Å². The number of carbonyl (C=O) groups excluding carboxylic acids is 1. The Kier molecular flexibility index (Phi) is 4.78. The molecule has 180 valence electrons. The van der Waals surface area contributed by atoms with Gasteiger partial charge in [-0.3, -0.25) is 19.9 Å². The van der Waals surface area contributed by atoms with E-state index in [1.165, 1.54) is 6.07 Å². The number of anilines is 1. The number of carbonyl (C=O) groups is 1. The minimum absolute atomic E-state index is 0.0313. The normalized spacial score (nSPS) is 13.3. The van der Waals surface area contributed by atoms with Gasteiger partial charge in [-0.05, 0) is 37.1 Å². The highest BCUT2D eigenvalue weighted by Crippen LogP contribution is 2.35. The monoisotopic (exact) mass is 490 g/mol. The van der Waals surface area contributed by atoms with E-state index in [0.29, 0.717) is 44.9 Å². The maximum absolute atomic E-state index is 15.2. The van der Waals surface area contributed by atoms with Gasteiger partial charge in [-0.2, -0.15) is 5.10 Å². The van der Waals surface area contributed by atoms with Crippen LogP contribution >= 0.6 is 0 Å². The molecule has 5 aromatic heterocycles. The number of imidazole rings is 1. The van der Waals surface area contributed by atoms with Crippen LogP contribution in [0, 0.1) is 11.7 Å². The predicted molar refractivity (Wildman–Crippen MR) is 137 cm³/mol. The largest absolute Gasteiger partial charge is 0.335 e. The third-order valence-corrected chi connectivity index (χ3v) is 6.50. The van der Waals surface area contributed by atoms with Crippen LogP contribution in [0.5, 0.6) is 0 Å².